The van der Waals surface area contributed by atoms with Crippen LogP contribution in [0.2, 0.25) is 0 Å². The van der Waals surface area contributed by atoms with Crippen LogP contribution in [0.5, 0.6) is 11.5 Å². The van der Waals surface area contributed by atoms with E-state index in [0.717, 1.165) is 27.2 Å². The Morgan fingerprint density at radius 2 is 1.88 bits per heavy atom. The molecule has 0 aliphatic carbocycles. The topological polar surface area (TPSA) is 73.3 Å². The highest BCUT2D eigenvalue weighted by molar-refractivity contribution is 8.00. The third-order valence-corrected chi connectivity index (χ3v) is 5.64. The average Bonchev–Trinajstić information content (AvgIpc) is 3.03. The van der Waals surface area contributed by atoms with Crippen molar-refractivity contribution in [3.05, 3.63) is 34.8 Å². The van der Waals surface area contributed by atoms with Crippen molar-refractivity contribution in [2.75, 3.05) is 25.3 Å². The summed E-state index contributed by atoms with van der Waals surface area (Å²) in [5, 5.41) is 7.11. The molecule has 0 atom stereocenters. The lowest BCUT2D eigenvalue weighted by molar-refractivity contribution is -0.113. The lowest BCUT2D eigenvalue weighted by Gasteiger charge is -2.11. The maximum absolute atomic E-state index is 12.1. The predicted molar refractivity (Wildman–Crippen MR) is 106 cm³/mol. The molecule has 1 N–H and O–H groups in total. The smallest absolute Gasteiger partial charge is 0.236 e. The number of hydrogen-bond donors (Lipinski definition) is 1. The van der Waals surface area contributed by atoms with Crippen LogP contribution in [-0.4, -0.2) is 35.8 Å². The molecule has 2 aromatic heterocycles. The number of pyridine rings is 1. The van der Waals surface area contributed by atoms with Gasteiger partial charge in [0.15, 0.2) is 16.6 Å². The number of amides is 1. The normalized spacial score (nSPS) is 10.8. The van der Waals surface area contributed by atoms with E-state index in [1.165, 1.54) is 23.1 Å². The number of nitrogens with one attached hydrogen (secondary N) is 1. The molecule has 26 heavy (non-hydrogen) atoms. The molecule has 0 saturated carbocycles. The fourth-order valence-electron chi connectivity index (χ4n) is 2.44. The molecule has 6 nitrogen and oxygen atoms in total. The molecule has 3 aromatic rings. The monoisotopic (exact) mass is 389 g/mol. The molecule has 0 aliphatic rings. The van der Waals surface area contributed by atoms with Gasteiger partial charge in [-0.3, -0.25) is 4.79 Å². The highest BCUT2D eigenvalue weighted by atomic mass is 32.2. The van der Waals surface area contributed by atoms with Gasteiger partial charge >= 0.3 is 0 Å². The number of hydrogen-bond acceptors (Lipinski definition) is 7. The molecular formula is C18H19N3O3S2. The van der Waals surface area contributed by atoms with Crippen molar-refractivity contribution < 1.29 is 14.3 Å². The average molecular weight is 390 g/mol. The van der Waals surface area contributed by atoms with E-state index in [0.29, 0.717) is 16.6 Å². The van der Waals surface area contributed by atoms with E-state index < -0.39 is 0 Å². The molecule has 0 aliphatic heterocycles. The first kappa shape index (κ1) is 18.5. The van der Waals surface area contributed by atoms with E-state index in [1.807, 2.05) is 37.4 Å². The number of carbonyl (C=O) groups excluding carboxylic acids is 1. The van der Waals surface area contributed by atoms with E-state index in [2.05, 4.69) is 15.3 Å². The number of aryl methyl sites for hydroxylation is 2. The Bertz CT molecular complexity index is 956. The third-order valence-electron chi connectivity index (χ3n) is 3.67. The quantitative estimate of drug-likeness (QED) is 0.641. The second kappa shape index (κ2) is 7.92. The summed E-state index contributed by atoms with van der Waals surface area (Å²) in [7, 11) is 3.20. The van der Waals surface area contributed by atoms with Gasteiger partial charge in [0.2, 0.25) is 5.91 Å². The summed E-state index contributed by atoms with van der Waals surface area (Å²) in [6.07, 6.45) is 0. The molecule has 2 heterocycles. The molecule has 0 saturated heterocycles. The molecule has 0 bridgehead atoms. The summed E-state index contributed by atoms with van der Waals surface area (Å²) in [6.45, 7) is 3.88. The minimum Gasteiger partial charge on any atom is -0.493 e. The number of aromatic nitrogens is 2. The summed E-state index contributed by atoms with van der Waals surface area (Å²) < 4.78 is 10.7. The highest BCUT2D eigenvalue weighted by Crippen LogP contribution is 2.33. The zero-order chi connectivity index (χ0) is 18.7. The van der Waals surface area contributed by atoms with Crippen LogP contribution in [0.4, 0.5) is 5.13 Å². The SMILES string of the molecule is COc1cc2cc(C)c(SCC(=O)Nc3nc(C)cs3)nc2cc1OC. The summed E-state index contributed by atoms with van der Waals surface area (Å²) in [6, 6.07) is 5.78. The van der Waals surface area contributed by atoms with E-state index in [1.54, 1.807) is 14.2 Å². The van der Waals surface area contributed by atoms with Gasteiger partial charge in [0.1, 0.15) is 5.03 Å². The van der Waals surface area contributed by atoms with E-state index >= 15 is 0 Å². The Balaban J connectivity index is 1.76. The van der Waals surface area contributed by atoms with Gasteiger partial charge in [-0.2, -0.15) is 0 Å². The van der Waals surface area contributed by atoms with Crippen molar-refractivity contribution in [3.8, 4) is 11.5 Å². The molecule has 0 unspecified atom stereocenters. The van der Waals surface area contributed by atoms with Crippen molar-refractivity contribution in [3.63, 3.8) is 0 Å². The lowest BCUT2D eigenvalue weighted by Crippen LogP contribution is -2.14. The number of benzene rings is 1. The highest BCUT2D eigenvalue weighted by Gasteiger charge is 2.12. The lowest BCUT2D eigenvalue weighted by atomic mass is 10.1. The summed E-state index contributed by atoms with van der Waals surface area (Å²) in [5.74, 6) is 1.47. The first-order valence-electron chi connectivity index (χ1n) is 7.88. The van der Waals surface area contributed by atoms with Crippen LogP contribution in [0.1, 0.15) is 11.3 Å². The molecule has 1 amide bonds. The van der Waals surface area contributed by atoms with Gasteiger partial charge in [0.25, 0.3) is 0 Å². The van der Waals surface area contributed by atoms with Gasteiger partial charge < -0.3 is 14.8 Å². The Labute approximate surface area is 160 Å². The van der Waals surface area contributed by atoms with Crippen LogP contribution in [0.15, 0.2) is 28.6 Å². The Morgan fingerprint density at radius 1 is 1.15 bits per heavy atom. The zero-order valence-electron chi connectivity index (χ0n) is 15.0. The molecule has 0 radical (unpaired) electrons. The maximum atomic E-state index is 12.1. The largest absolute Gasteiger partial charge is 0.493 e. The molecule has 136 valence electrons. The fraction of sp³-hybridized carbons (Fsp3) is 0.278. The number of fused-ring (bicyclic) bond motifs is 1. The second-order valence-electron chi connectivity index (χ2n) is 5.64. The standard InChI is InChI=1S/C18H19N3O3S2/c1-10-5-12-6-14(23-3)15(24-4)7-13(12)20-17(10)25-9-16(22)21-18-19-11(2)8-26-18/h5-8H,9H2,1-4H3,(H,19,21,22). The number of ether oxygens (including phenoxy) is 2. The van der Waals surface area contributed by atoms with Gasteiger partial charge in [-0.1, -0.05) is 11.8 Å². The van der Waals surface area contributed by atoms with Crippen molar-refractivity contribution in [1.82, 2.24) is 9.97 Å². The molecule has 1 aromatic carbocycles. The van der Waals surface area contributed by atoms with Crippen LogP contribution >= 0.6 is 23.1 Å². The number of methoxy groups -OCH3 is 2. The van der Waals surface area contributed by atoms with Crippen molar-refractivity contribution in [1.29, 1.82) is 0 Å². The van der Waals surface area contributed by atoms with Gasteiger partial charge in [-0.15, -0.1) is 11.3 Å². The van der Waals surface area contributed by atoms with Crippen molar-refractivity contribution >= 4 is 45.0 Å². The molecular weight excluding hydrogens is 370 g/mol. The Morgan fingerprint density at radius 3 is 2.54 bits per heavy atom. The zero-order valence-corrected chi connectivity index (χ0v) is 16.6. The van der Waals surface area contributed by atoms with Crippen LogP contribution < -0.4 is 14.8 Å². The van der Waals surface area contributed by atoms with E-state index in [9.17, 15) is 4.79 Å². The minimum atomic E-state index is -0.0991. The van der Waals surface area contributed by atoms with Crippen LogP contribution in [0, 0.1) is 13.8 Å². The predicted octanol–water partition coefficient (Wildman–Crippen LogP) is 4.06. The second-order valence-corrected chi connectivity index (χ2v) is 7.46. The number of carbonyl (C=O) groups is 1. The molecule has 3 rings (SSSR count). The summed E-state index contributed by atoms with van der Waals surface area (Å²) in [4.78, 5) is 21.0. The summed E-state index contributed by atoms with van der Waals surface area (Å²) >= 11 is 2.82. The van der Waals surface area contributed by atoms with Crippen molar-refractivity contribution in [2.45, 2.75) is 18.9 Å². The summed E-state index contributed by atoms with van der Waals surface area (Å²) in [5.41, 5.74) is 2.70. The maximum Gasteiger partial charge on any atom is 0.236 e. The van der Waals surface area contributed by atoms with Crippen molar-refractivity contribution in [2.24, 2.45) is 0 Å². The van der Waals surface area contributed by atoms with Gasteiger partial charge in [-0.25, -0.2) is 9.97 Å². The molecule has 0 fully saturated rings. The van der Waals surface area contributed by atoms with Crippen LogP contribution in [0.3, 0.4) is 0 Å². The van der Waals surface area contributed by atoms with Gasteiger partial charge in [0, 0.05) is 16.8 Å². The van der Waals surface area contributed by atoms with E-state index in [4.69, 9.17) is 9.47 Å². The third kappa shape index (κ3) is 4.08. The number of thioether (sulfide) groups is 1. The van der Waals surface area contributed by atoms with Crippen LogP contribution in [0.25, 0.3) is 10.9 Å². The fourth-order valence-corrected chi connectivity index (χ4v) is 3.93. The Kier molecular flexibility index (Phi) is 5.63. The number of anilines is 1. The molecule has 8 heteroatoms. The number of rotatable bonds is 6. The minimum absolute atomic E-state index is 0.0991. The first-order valence-corrected chi connectivity index (χ1v) is 9.75. The van der Waals surface area contributed by atoms with Gasteiger partial charge in [-0.05, 0) is 31.5 Å². The Hall–Kier alpha value is -2.32. The van der Waals surface area contributed by atoms with E-state index in [-0.39, 0.29) is 11.7 Å². The van der Waals surface area contributed by atoms with Gasteiger partial charge in [0.05, 0.1) is 31.2 Å². The van der Waals surface area contributed by atoms with Crippen LogP contribution in [-0.2, 0) is 4.79 Å². The number of thiazole rings is 1. The molecule has 0 spiro atoms. The number of nitrogens with zero attached hydrogens (tertiary/aromatic N) is 2. The first-order chi connectivity index (χ1) is 12.5.